The monoisotopic (exact) mass is 335 g/mol. The minimum Gasteiger partial charge on any atom is -0.486 e. The maximum Gasteiger partial charge on any atom is 0.303 e. The lowest BCUT2D eigenvalue weighted by atomic mass is 9.83. The van der Waals surface area contributed by atoms with Crippen molar-refractivity contribution in [2.24, 2.45) is 0 Å². The number of benzene rings is 1. The smallest absolute Gasteiger partial charge is 0.303 e. The van der Waals surface area contributed by atoms with Gasteiger partial charge in [-0.3, -0.25) is 9.59 Å². The Labute approximate surface area is 142 Å². The van der Waals surface area contributed by atoms with E-state index in [4.69, 9.17) is 14.6 Å². The van der Waals surface area contributed by atoms with Crippen molar-refractivity contribution in [2.45, 2.75) is 44.9 Å². The van der Waals surface area contributed by atoms with E-state index >= 15 is 0 Å². The van der Waals surface area contributed by atoms with Gasteiger partial charge in [0.1, 0.15) is 13.2 Å². The third-order valence-corrected chi connectivity index (χ3v) is 4.18. The quantitative estimate of drug-likeness (QED) is 0.713. The summed E-state index contributed by atoms with van der Waals surface area (Å²) in [4.78, 5) is 22.9. The number of nitrogens with one attached hydrogen (secondary N) is 1. The Kier molecular flexibility index (Phi) is 6.06. The van der Waals surface area contributed by atoms with Crippen LogP contribution in [0.2, 0.25) is 0 Å². The molecule has 1 amide bonds. The van der Waals surface area contributed by atoms with E-state index in [0.29, 0.717) is 37.7 Å². The summed E-state index contributed by atoms with van der Waals surface area (Å²) in [5, 5.41) is 11.5. The average Bonchev–Trinajstić information content (AvgIpc) is 2.57. The maximum absolute atomic E-state index is 12.5. The molecule has 132 valence electrons. The molecule has 0 saturated carbocycles. The van der Waals surface area contributed by atoms with Gasteiger partial charge < -0.3 is 19.9 Å². The molecule has 1 heterocycles. The zero-order valence-electron chi connectivity index (χ0n) is 14.3. The zero-order valence-corrected chi connectivity index (χ0v) is 14.3. The van der Waals surface area contributed by atoms with Crippen LogP contribution in [0.1, 0.15) is 45.1 Å². The van der Waals surface area contributed by atoms with E-state index in [1.54, 1.807) is 0 Å². The van der Waals surface area contributed by atoms with Gasteiger partial charge in [0, 0.05) is 13.0 Å². The van der Waals surface area contributed by atoms with Crippen LogP contribution >= 0.6 is 0 Å². The van der Waals surface area contributed by atoms with Crippen LogP contribution in [-0.2, 0) is 15.0 Å². The summed E-state index contributed by atoms with van der Waals surface area (Å²) in [6, 6.07) is 5.59. The second kappa shape index (κ2) is 8.04. The predicted molar refractivity (Wildman–Crippen MR) is 89.6 cm³/mol. The molecule has 0 aromatic heterocycles. The molecule has 2 rings (SSSR count). The van der Waals surface area contributed by atoms with Crippen LogP contribution < -0.4 is 14.8 Å². The fourth-order valence-electron chi connectivity index (χ4n) is 2.56. The number of carbonyl (C=O) groups is 2. The maximum atomic E-state index is 12.5. The van der Waals surface area contributed by atoms with Gasteiger partial charge in [-0.1, -0.05) is 12.5 Å². The summed E-state index contributed by atoms with van der Waals surface area (Å²) in [6.45, 7) is 5.35. The molecule has 0 saturated heterocycles. The first kappa shape index (κ1) is 18.1. The molecular weight excluding hydrogens is 310 g/mol. The average molecular weight is 335 g/mol. The molecule has 0 fully saturated rings. The molecule has 1 aromatic rings. The van der Waals surface area contributed by atoms with Gasteiger partial charge in [0.2, 0.25) is 5.91 Å². The van der Waals surface area contributed by atoms with E-state index in [1.165, 1.54) is 0 Å². The summed E-state index contributed by atoms with van der Waals surface area (Å²) in [5.74, 6) is 0.545. The van der Waals surface area contributed by atoms with Crippen molar-refractivity contribution in [3.8, 4) is 11.5 Å². The molecule has 0 radical (unpaired) electrons. The zero-order chi connectivity index (χ0) is 17.6. The lowest BCUT2D eigenvalue weighted by Gasteiger charge is -2.26. The van der Waals surface area contributed by atoms with Crippen molar-refractivity contribution in [3.63, 3.8) is 0 Å². The highest BCUT2D eigenvalue weighted by molar-refractivity contribution is 5.87. The van der Waals surface area contributed by atoms with Crippen LogP contribution in [0.15, 0.2) is 18.2 Å². The number of amides is 1. The van der Waals surface area contributed by atoms with Gasteiger partial charge in [0.05, 0.1) is 5.41 Å². The molecule has 2 N–H and O–H groups in total. The molecule has 1 aliphatic rings. The topological polar surface area (TPSA) is 84.9 Å². The Morgan fingerprint density at radius 3 is 2.54 bits per heavy atom. The third-order valence-electron chi connectivity index (χ3n) is 4.18. The fourth-order valence-corrected chi connectivity index (χ4v) is 2.56. The molecule has 6 nitrogen and oxygen atoms in total. The van der Waals surface area contributed by atoms with E-state index in [9.17, 15) is 9.59 Å². The Balaban J connectivity index is 1.87. The number of carboxylic acids is 1. The van der Waals surface area contributed by atoms with Crippen molar-refractivity contribution in [1.82, 2.24) is 5.32 Å². The Hall–Kier alpha value is -2.24. The summed E-state index contributed by atoms with van der Waals surface area (Å²) in [5.41, 5.74) is 0.187. The minimum atomic E-state index is -0.779. The highest BCUT2D eigenvalue weighted by Crippen LogP contribution is 2.35. The summed E-state index contributed by atoms with van der Waals surface area (Å²) < 4.78 is 11.1. The van der Waals surface area contributed by atoms with E-state index in [-0.39, 0.29) is 12.3 Å². The molecule has 1 aromatic carbocycles. The SMILES string of the molecule is CC(C)(C(=O)NCCCCCC(=O)O)c1ccc2c(c1)OCCO2. The first-order chi connectivity index (χ1) is 11.4. The van der Waals surface area contributed by atoms with Crippen LogP contribution in [0.3, 0.4) is 0 Å². The number of fused-ring (bicyclic) bond motifs is 1. The standard InChI is InChI=1S/C18H25NO5/c1-18(2,17(22)19-9-5-3-4-6-16(20)21)13-7-8-14-15(12-13)24-11-10-23-14/h7-8,12H,3-6,9-11H2,1-2H3,(H,19,22)(H,20,21). The van der Waals surface area contributed by atoms with Crippen LogP contribution in [0, 0.1) is 0 Å². The van der Waals surface area contributed by atoms with E-state index in [1.807, 2.05) is 32.0 Å². The number of hydrogen-bond acceptors (Lipinski definition) is 4. The first-order valence-corrected chi connectivity index (χ1v) is 8.31. The van der Waals surface area contributed by atoms with Gasteiger partial charge in [0.25, 0.3) is 0 Å². The van der Waals surface area contributed by atoms with Gasteiger partial charge in [-0.25, -0.2) is 0 Å². The van der Waals surface area contributed by atoms with Crippen molar-refractivity contribution < 1.29 is 24.2 Å². The van der Waals surface area contributed by atoms with Gasteiger partial charge in [0.15, 0.2) is 11.5 Å². The number of aliphatic carboxylic acids is 1. The molecule has 1 aliphatic heterocycles. The summed E-state index contributed by atoms with van der Waals surface area (Å²) in [6.07, 6.45) is 2.38. The predicted octanol–water partition coefficient (Wildman–Crippen LogP) is 2.50. The lowest BCUT2D eigenvalue weighted by molar-refractivity contribution is -0.137. The Morgan fingerprint density at radius 1 is 1.12 bits per heavy atom. The van der Waals surface area contributed by atoms with Crippen molar-refractivity contribution >= 4 is 11.9 Å². The van der Waals surface area contributed by atoms with Crippen LogP contribution in [0.4, 0.5) is 0 Å². The highest BCUT2D eigenvalue weighted by Gasteiger charge is 2.30. The molecule has 0 unspecified atom stereocenters. The Bertz CT molecular complexity index is 597. The lowest BCUT2D eigenvalue weighted by Crippen LogP contribution is -2.40. The van der Waals surface area contributed by atoms with Crippen LogP contribution in [0.25, 0.3) is 0 Å². The molecule has 6 heteroatoms. The second-order valence-corrected chi connectivity index (χ2v) is 6.44. The summed E-state index contributed by atoms with van der Waals surface area (Å²) in [7, 11) is 0. The minimum absolute atomic E-state index is 0.0580. The first-order valence-electron chi connectivity index (χ1n) is 8.31. The van der Waals surface area contributed by atoms with Gasteiger partial charge >= 0.3 is 5.97 Å². The normalized spacial score (nSPS) is 13.4. The number of ether oxygens (including phenoxy) is 2. The Morgan fingerprint density at radius 2 is 1.83 bits per heavy atom. The number of carbonyl (C=O) groups excluding carboxylic acids is 1. The summed E-state index contributed by atoms with van der Waals surface area (Å²) >= 11 is 0. The van der Waals surface area contributed by atoms with Gasteiger partial charge in [-0.15, -0.1) is 0 Å². The molecule has 0 spiro atoms. The molecule has 24 heavy (non-hydrogen) atoms. The number of hydrogen-bond donors (Lipinski definition) is 2. The molecule has 0 bridgehead atoms. The van der Waals surface area contributed by atoms with E-state index in [0.717, 1.165) is 18.4 Å². The number of rotatable bonds is 8. The molecular formula is C18H25NO5. The van der Waals surface area contributed by atoms with Crippen molar-refractivity contribution in [3.05, 3.63) is 23.8 Å². The van der Waals surface area contributed by atoms with E-state index in [2.05, 4.69) is 5.32 Å². The molecule has 0 aliphatic carbocycles. The highest BCUT2D eigenvalue weighted by atomic mass is 16.6. The largest absolute Gasteiger partial charge is 0.486 e. The number of unbranched alkanes of at least 4 members (excludes halogenated alkanes) is 2. The number of carboxylic acid groups (broad SMARTS) is 1. The van der Waals surface area contributed by atoms with Gasteiger partial charge in [-0.05, 0) is 44.4 Å². The van der Waals surface area contributed by atoms with Crippen molar-refractivity contribution in [1.29, 1.82) is 0 Å². The van der Waals surface area contributed by atoms with Crippen LogP contribution in [-0.4, -0.2) is 36.7 Å². The van der Waals surface area contributed by atoms with Gasteiger partial charge in [-0.2, -0.15) is 0 Å². The van der Waals surface area contributed by atoms with Crippen LogP contribution in [0.5, 0.6) is 11.5 Å². The molecule has 0 atom stereocenters. The third kappa shape index (κ3) is 4.63. The fraction of sp³-hybridized carbons (Fsp3) is 0.556. The second-order valence-electron chi connectivity index (χ2n) is 6.44. The van der Waals surface area contributed by atoms with Crippen molar-refractivity contribution in [2.75, 3.05) is 19.8 Å². The van der Waals surface area contributed by atoms with E-state index < -0.39 is 11.4 Å².